The van der Waals surface area contributed by atoms with Gasteiger partial charge >= 0.3 is 11.9 Å². The van der Waals surface area contributed by atoms with Gasteiger partial charge in [0.1, 0.15) is 6.54 Å². The van der Waals surface area contributed by atoms with Gasteiger partial charge in [-0.15, -0.1) is 0 Å². The monoisotopic (exact) mass is 631 g/mol. The number of carbonyl (C=O) groups is 2. The van der Waals surface area contributed by atoms with Gasteiger partial charge < -0.3 is 23.5 Å². The summed E-state index contributed by atoms with van der Waals surface area (Å²) in [6.45, 7) is 11.5. The lowest BCUT2D eigenvalue weighted by atomic mass is 9.95. The van der Waals surface area contributed by atoms with Crippen molar-refractivity contribution in [3.8, 4) is 11.5 Å². The van der Waals surface area contributed by atoms with Crippen LogP contribution in [0, 0.1) is 6.92 Å². The Hall–Kier alpha value is -4.64. The highest BCUT2D eigenvalue weighted by atomic mass is 32.1. The lowest BCUT2D eigenvalue weighted by Gasteiger charge is -2.25. The number of ether oxygens (including phenoxy) is 4. The van der Waals surface area contributed by atoms with Gasteiger partial charge in [-0.2, -0.15) is 0 Å². The first kappa shape index (κ1) is 31.8. The molecule has 0 saturated carbocycles. The molecule has 11 heteroatoms. The predicted octanol–water partition coefficient (Wildman–Crippen LogP) is 4.42. The first-order valence-corrected chi connectivity index (χ1v) is 15.7. The molecule has 45 heavy (non-hydrogen) atoms. The molecule has 0 radical (unpaired) electrons. The number of hydrogen-bond donors (Lipinski definition) is 0. The lowest BCUT2D eigenvalue weighted by Crippen LogP contribution is -2.40. The van der Waals surface area contributed by atoms with E-state index in [9.17, 15) is 14.4 Å². The zero-order chi connectivity index (χ0) is 32.4. The number of hydrogen-bond acceptors (Lipinski definition) is 9. The third kappa shape index (κ3) is 6.04. The highest BCUT2D eigenvalue weighted by Gasteiger charge is 2.34. The van der Waals surface area contributed by atoms with E-state index in [0.29, 0.717) is 38.7 Å². The summed E-state index contributed by atoms with van der Waals surface area (Å²) in [6.07, 6.45) is 1.76. The molecule has 0 fully saturated rings. The summed E-state index contributed by atoms with van der Waals surface area (Å²) < 4.78 is 26.1. The average Bonchev–Trinajstić information content (AvgIpc) is 3.45. The third-order valence-corrected chi connectivity index (χ3v) is 8.51. The van der Waals surface area contributed by atoms with Crippen LogP contribution >= 0.6 is 11.3 Å². The highest BCUT2D eigenvalue weighted by Crippen LogP contribution is 2.36. The van der Waals surface area contributed by atoms with Crippen LogP contribution in [0.25, 0.3) is 17.0 Å². The minimum absolute atomic E-state index is 0.0513. The molecule has 0 amide bonds. The first-order chi connectivity index (χ1) is 21.6. The standard InChI is InChI=1S/C34H37N3O7S/c1-8-42-29(38)18-36-21(6)24(23-12-10-11-13-25(23)36)17-28-32(39)37-31(22-14-15-26(44-19(3)4)27(16-22)41-7)30(33(40)43-9-2)20(5)35-34(37)45-28/h10-17,19,31H,8-9,18H2,1-7H3/b28-17+/t31-/m1/s1. The summed E-state index contributed by atoms with van der Waals surface area (Å²) in [5.74, 6) is 0.148. The van der Waals surface area contributed by atoms with Crippen molar-refractivity contribution in [3.63, 3.8) is 0 Å². The minimum atomic E-state index is -0.810. The Morgan fingerprint density at radius 2 is 1.78 bits per heavy atom. The summed E-state index contributed by atoms with van der Waals surface area (Å²) in [5.41, 5.74) is 3.58. The molecule has 236 valence electrons. The highest BCUT2D eigenvalue weighted by molar-refractivity contribution is 7.07. The molecule has 0 saturated heterocycles. The van der Waals surface area contributed by atoms with Crippen LogP contribution in [0.4, 0.5) is 0 Å². The van der Waals surface area contributed by atoms with Crippen LogP contribution < -0.4 is 24.4 Å². The molecule has 10 nitrogen and oxygen atoms in total. The first-order valence-electron chi connectivity index (χ1n) is 14.9. The van der Waals surface area contributed by atoms with Crippen molar-refractivity contribution >= 4 is 40.3 Å². The number of carbonyl (C=O) groups excluding carboxylic acids is 2. The molecule has 1 atom stereocenters. The fraction of sp³-hybridized carbons (Fsp3) is 0.353. The normalized spacial score (nSPS) is 14.8. The van der Waals surface area contributed by atoms with Crippen LogP contribution in [-0.4, -0.2) is 47.5 Å². The number of aromatic nitrogens is 2. The van der Waals surface area contributed by atoms with E-state index in [-0.39, 0.29) is 36.4 Å². The van der Waals surface area contributed by atoms with Crippen molar-refractivity contribution in [2.24, 2.45) is 4.99 Å². The van der Waals surface area contributed by atoms with E-state index in [1.165, 1.54) is 11.3 Å². The molecule has 1 aliphatic heterocycles. The van der Waals surface area contributed by atoms with E-state index in [1.54, 1.807) is 44.6 Å². The number of para-hydroxylation sites is 1. The van der Waals surface area contributed by atoms with Crippen LogP contribution in [0.5, 0.6) is 11.5 Å². The fourth-order valence-electron chi connectivity index (χ4n) is 5.62. The Bertz CT molecular complexity index is 2000. The van der Waals surface area contributed by atoms with Crippen LogP contribution in [0.3, 0.4) is 0 Å². The maximum atomic E-state index is 14.3. The molecule has 2 aromatic heterocycles. The lowest BCUT2D eigenvalue weighted by molar-refractivity contribution is -0.143. The SMILES string of the molecule is CCOC(=O)Cn1c(C)c(/C=c2/sc3n(c2=O)[C@H](c2ccc(OC(C)C)c(OC)c2)C(C(=O)OCC)=C(C)N=3)c2ccccc21. The van der Waals surface area contributed by atoms with E-state index in [0.717, 1.165) is 22.2 Å². The van der Waals surface area contributed by atoms with Crippen LogP contribution in [0.15, 0.2) is 63.5 Å². The number of allylic oxidation sites excluding steroid dienone is 1. The van der Waals surface area contributed by atoms with Gasteiger partial charge in [0.05, 0.1) is 48.3 Å². The molecule has 0 aliphatic carbocycles. The van der Waals surface area contributed by atoms with E-state index in [4.69, 9.17) is 23.9 Å². The maximum absolute atomic E-state index is 14.3. The van der Waals surface area contributed by atoms with Crippen molar-refractivity contribution < 1.29 is 28.5 Å². The smallest absolute Gasteiger partial charge is 0.338 e. The molecule has 4 aromatic rings. The van der Waals surface area contributed by atoms with Gasteiger partial charge in [0.15, 0.2) is 16.3 Å². The van der Waals surface area contributed by atoms with Gasteiger partial charge in [-0.3, -0.25) is 14.2 Å². The number of esters is 2. The van der Waals surface area contributed by atoms with E-state index >= 15 is 0 Å². The van der Waals surface area contributed by atoms with Crippen molar-refractivity contribution in [2.75, 3.05) is 20.3 Å². The van der Waals surface area contributed by atoms with E-state index < -0.39 is 12.0 Å². The minimum Gasteiger partial charge on any atom is -0.493 e. The number of thiazole rings is 1. The second-order valence-electron chi connectivity index (χ2n) is 10.8. The van der Waals surface area contributed by atoms with Crippen molar-refractivity contribution in [1.29, 1.82) is 0 Å². The van der Waals surface area contributed by atoms with Crippen LogP contribution in [-0.2, 0) is 25.6 Å². The number of fused-ring (bicyclic) bond motifs is 2. The van der Waals surface area contributed by atoms with Crippen LogP contribution in [0.1, 0.15) is 57.5 Å². The van der Waals surface area contributed by atoms with Crippen molar-refractivity contribution in [2.45, 2.75) is 60.2 Å². The van der Waals surface area contributed by atoms with Crippen molar-refractivity contribution in [1.82, 2.24) is 9.13 Å². The number of nitrogens with zero attached hydrogens (tertiary/aromatic N) is 3. The van der Waals surface area contributed by atoms with E-state index in [2.05, 4.69) is 0 Å². The zero-order valence-corrected chi connectivity index (χ0v) is 27.3. The van der Waals surface area contributed by atoms with E-state index in [1.807, 2.05) is 61.7 Å². The Morgan fingerprint density at radius 3 is 2.47 bits per heavy atom. The second-order valence-corrected chi connectivity index (χ2v) is 11.8. The Labute approximate surface area is 264 Å². The maximum Gasteiger partial charge on any atom is 0.338 e. The summed E-state index contributed by atoms with van der Waals surface area (Å²) in [7, 11) is 1.55. The number of benzene rings is 2. The Balaban J connectivity index is 1.72. The molecule has 0 bridgehead atoms. The fourth-order valence-corrected chi connectivity index (χ4v) is 6.65. The van der Waals surface area contributed by atoms with Gasteiger partial charge in [0, 0.05) is 22.2 Å². The molecule has 0 spiro atoms. The number of methoxy groups -OCH3 is 1. The Morgan fingerprint density at radius 1 is 1.04 bits per heavy atom. The summed E-state index contributed by atoms with van der Waals surface area (Å²) >= 11 is 1.24. The molecule has 5 rings (SSSR count). The van der Waals surface area contributed by atoms with Gasteiger partial charge in [0.2, 0.25) is 0 Å². The average molecular weight is 632 g/mol. The zero-order valence-electron chi connectivity index (χ0n) is 26.5. The summed E-state index contributed by atoms with van der Waals surface area (Å²) in [5, 5.41) is 0.899. The Kier molecular flexibility index (Phi) is 9.29. The quantitative estimate of drug-likeness (QED) is 0.238. The predicted molar refractivity (Wildman–Crippen MR) is 172 cm³/mol. The molecule has 2 aromatic carbocycles. The van der Waals surface area contributed by atoms with Crippen LogP contribution in [0.2, 0.25) is 0 Å². The largest absolute Gasteiger partial charge is 0.493 e. The van der Waals surface area contributed by atoms with Gasteiger partial charge in [-0.05, 0) is 71.4 Å². The van der Waals surface area contributed by atoms with Gasteiger partial charge in [-0.1, -0.05) is 35.6 Å². The molecular formula is C34H37N3O7S. The molecule has 0 unspecified atom stereocenters. The number of rotatable bonds is 10. The van der Waals surface area contributed by atoms with Gasteiger partial charge in [0.25, 0.3) is 5.56 Å². The second kappa shape index (κ2) is 13.2. The topological polar surface area (TPSA) is 110 Å². The van der Waals surface area contributed by atoms with Gasteiger partial charge in [-0.25, -0.2) is 9.79 Å². The van der Waals surface area contributed by atoms with Crippen molar-refractivity contribution in [3.05, 3.63) is 90.2 Å². The third-order valence-electron chi connectivity index (χ3n) is 7.53. The summed E-state index contributed by atoms with van der Waals surface area (Å²) in [6, 6.07) is 12.3. The molecular weight excluding hydrogens is 594 g/mol. The molecule has 1 aliphatic rings. The molecule has 3 heterocycles. The molecule has 0 N–H and O–H groups in total. The summed E-state index contributed by atoms with van der Waals surface area (Å²) in [4.78, 5) is 45.2.